The summed E-state index contributed by atoms with van der Waals surface area (Å²) in [7, 11) is 0. The number of carbonyl (C=O) groups is 1. The van der Waals surface area contributed by atoms with Gasteiger partial charge in [0.15, 0.2) is 0 Å². The smallest absolute Gasteiger partial charge is 0.324 e. The minimum atomic E-state index is -0.167. The fraction of sp³-hybridized carbons (Fsp3) is 0.933. The third kappa shape index (κ3) is 6.92. The van der Waals surface area contributed by atoms with Gasteiger partial charge in [-0.25, -0.2) is 0 Å². The minimum absolute atomic E-state index is 0.0991. The van der Waals surface area contributed by atoms with Gasteiger partial charge in [-0.1, -0.05) is 26.2 Å². The van der Waals surface area contributed by atoms with Gasteiger partial charge in [0.05, 0.1) is 6.61 Å². The highest BCUT2D eigenvalue weighted by molar-refractivity contribution is 5.76. The van der Waals surface area contributed by atoms with E-state index in [9.17, 15) is 4.79 Å². The predicted molar refractivity (Wildman–Crippen MR) is 78.2 cm³/mol. The summed E-state index contributed by atoms with van der Waals surface area (Å²) >= 11 is 0. The molecule has 0 aromatic heterocycles. The highest BCUT2D eigenvalue weighted by Gasteiger charge is 2.22. The van der Waals surface area contributed by atoms with E-state index in [-0.39, 0.29) is 12.0 Å². The fourth-order valence-corrected chi connectivity index (χ4v) is 2.54. The summed E-state index contributed by atoms with van der Waals surface area (Å²) in [6.45, 7) is 8.34. The number of rotatable bonds is 7. The number of nitrogens with zero attached hydrogens (tertiary/aromatic N) is 1. The molecule has 4 nitrogen and oxygen atoms in total. The first-order chi connectivity index (χ1) is 9.27. The van der Waals surface area contributed by atoms with E-state index in [0.717, 1.165) is 32.6 Å². The molecule has 4 heteroatoms. The molecule has 0 radical (unpaired) electrons. The summed E-state index contributed by atoms with van der Waals surface area (Å²) in [4.78, 5) is 14.4. The molecule has 0 spiro atoms. The maximum Gasteiger partial charge on any atom is 0.324 e. The Bertz CT molecular complexity index is 238. The lowest BCUT2D eigenvalue weighted by Crippen LogP contribution is -2.48. The lowest BCUT2D eigenvalue weighted by molar-refractivity contribution is -0.146. The van der Waals surface area contributed by atoms with Crippen LogP contribution in [0.3, 0.4) is 0 Å². The van der Waals surface area contributed by atoms with Gasteiger partial charge in [-0.2, -0.15) is 0 Å². The molecule has 0 bridgehead atoms. The van der Waals surface area contributed by atoms with Crippen molar-refractivity contribution < 1.29 is 9.53 Å². The highest BCUT2D eigenvalue weighted by atomic mass is 16.5. The summed E-state index contributed by atoms with van der Waals surface area (Å²) in [5.74, 6) is -0.0991. The van der Waals surface area contributed by atoms with Crippen LogP contribution in [0.5, 0.6) is 0 Å². The van der Waals surface area contributed by atoms with Gasteiger partial charge >= 0.3 is 5.97 Å². The van der Waals surface area contributed by atoms with Crippen molar-refractivity contribution in [2.24, 2.45) is 0 Å². The molecule has 112 valence electrons. The Balaban J connectivity index is 2.45. The monoisotopic (exact) mass is 270 g/mol. The van der Waals surface area contributed by atoms with Crippen LogP contribution in [-0.4, -0.2) is 49.7 Å². The number of hydrogen-bond donors (Lipinski definition) is 1. The van der Waals surface area contributed by atoms with Crippen molar-refractivity contribution in [2.75, 3.05) is 32.8 Å². The molecule has 19 heavy (non-hydrogen) atoms. The van der Waals surface area contributed by atoms with Crippen molar-refractivity contribution in [3.05, 3.63) is 0 Å². The van der Waals surface area contributed by atoms with Crippen molar-refractivity contribution in [1.29, 1.82) is 0 Å². The molecule has 1 fully saturated rings. The van der Waals surface area contributed by atoms with Crippen LogP contribution in [0.2, 0.25) is 0 Å². The predicted octanol–water partition coefficient (Wildman–Crippen LogP) is 2.18. The molecule has 0 saturated carbocycles. The Morgan fingerprint density at radius 1 is 1.16 bits per heavy atom. The lowest BCUT2D eigenvalue weighted by atomic mass is 10.1. The molecule has 1 atom stereocenters. The van der Waals surface area contributed by atoms with Crippen molar-refractivity contribution in [3.63, 3.8) is 0 Å². The standard InChI is InChI=1S/C15H30N2O2/c1-3-10-16-14(15(18)19-4-2)13-17-11-8-6-5-7-9-12-17/h14,16H,3-13H2,1-2H3. The topological polar surface area (TPSA) is 41.6 Å². The third-order valence-corrected chi connectivity index (χ3v) is 3.60. The van der Waals surface area contributed by atoms with Gasteiger partial charge in [-0.15, -0.1) is 0 Å². The van der Waals surface area contributed by atoms with E-state index < -0.39 is 0 Å². The Hall–Kier alpha value is -0.610. The summed E-state index contributed by atoms with van der Waals surface area (Å²) in [6.07, 6.45) is 7.55. The lowest BCUT2D eigenvalue weighted by Gasteiger charge is -2.28. The second-order valence-corrected chi connectivity index (χ2v) is 5.33. The number of carbonyl (C=O) groups excluding carboxylic acids is 1. The maximum atomic E-state index is 12.0. The molecular formula is C15H30N2O2. The van der Waals surface area contributed by atoms with E-state index in [2.05, 4.69) is 17.1 Å². The second kappa shape index (κ2) is 10.2. The van der Waals surface area contributed by atoms with Gasteiger partial charge in [-0.05, 0) is 45.8 Å². The molecule has 1 saturated heterocycles. The number of likely N-dealkylation sites (tertiary alicyclic amines) is 1. The molecule has 0 aromatic carbocycles. The number of esters is 1. The van der Waals surface area contributed by atoms with E-state index >= 15 is 0 Å². The van der Waals surface area contributed by atoms with Crippen LogP contribution in [-0.2, 0) is 9.53 Å². The van der Waals surface area contributed by atoms with Gasteiger partial charge in [-0.3, -0.25) is 4.79 Å². The molecular weight excluding hydrogens is 240 g/mol. The molecule has 1 unspecified atom stereocenters. The molecule has 1 aliphatic heterocycles. The molecule has 0 aliphatic carbocycles. The van der Waals surface area contributed by atoms with Gasteiger partial charge < -0.3 is 15.0 Å². The van der Waals surface area contributed by atoms with E-state index in [1.165, 1.54) is 32.1 Å². The molecule has 0 aromatic rings. The molecule has 0 amide bonds. The van der Waals surface area contributed by atoms with Crippen LogP contribution in [0, 0.1) is 0 Å². The van der Waals surface area contributed by atoms with Crippen LogP contribution < -0.4 is 5.32 Å². The first-order valence-electron chi connectivity index (χ1n) is 7.90. The Morgan fingerprint density at radius 3 is 2.37 bits per heavy atom. The number of nitrogens with one attached hydrogen (secondary N) is 1. The second-order valence-electron chi connectivity index (χ2n) is 5.33. The average Bonchev–Trinajstić information content (AvgIpc) is 2.36. The van der Waals surface area contributed by atoms with Gasteiger partial charge in [0, 0.05) is 6.54 Å². The van der Waals surface area contributed by atoms with Crippen LogP contribution in [0.15, 0.2) is 0 Å². The Labute approximate surface area is 117 Å². The first-order valence-corrected chi connectivity index (χ1v) is 7.90. The normalized spacial score (nSPS) is 19.5. The van der Waals surface area contributed by atoms with Crippen LogP contribution in [0.4, 0.5) is 0 Å². The quantitative estimate of drug-likeness (QED) is 0.720. The first kappa shape index (κ1) is 16.4. The fourth-order valence-electron chi connectivity index (χ4n) is 2.54. The van der Waals surface area contributed by atoms with Crippen molar-refractivity contribution in [2.45, 2.75) is 58.4 Å². The summed E-state index contributed by atoms with van der Waals surface area (Å²) in [6, 6.07) is -0.167. The Morgan fingerprint density at radius 2 is 1.79 bits per heavy atom. The van der Waals surface area contributed by atoms with E-state index in [4.69, 9.17) is 4.74 Å². The maximum absolute atomic E-state index is 12.0. The van der Waals surface area contributed by atoms with Gasteiger partial charge in [0.2, 0.25) is 0 Å². The van der Waals surface area contributed by atoms with Crippen LogP contribution in [0.1, 0.15) is 52.4 Å². The molecule has 1 heterocycles. The number of ether oxygens (including phenoxy) is 1. The van der Waals surface area contributed by atoms with E-state index in [1.54, 1.807) is 0 Å². The average molecular weight is 270 g/mol. The van der Waals surface area contributed by atoms with E-state index in [0.29, 0.717) is 6.61 Å². The zero-order valence-corrected chi connectivity index (χ0v) is 12.6. The van der Waals surface area contributed by atoms with E-state index in [1.807, 2.05) is 6.92 Å². The summed E-state index contributed by atoms with van der Waals surface area (Å²) in [5, 5.41) is 3.32. The molecule has 1 N–H and O–H groups in total. The Kier molecular flexibility index (Phi) is 8.84. The summed E-state index contributed by atoms with van der Waals surface area (Å²) in [5.41, 5.74) is 0. The zero-order valence-electron chi connectivity index (χ0n) is 12.6. The summed E-state index contributed by atoms with van der Waals surface area (Å²) < 4.78 is 5.17. The number of hydrogen-bond acceptors (Lipinski definition) is 4. The largest absolute Gasteiger partial charge is 0.465 e. The SMILES string of the molecule is CCCNC(CN1CCCCCCC1)C(=O)OCC. The molecule has 1 aliphatic rings. The van der Waals surface area contributed by atoms with Crippen LogP contribution in [0.25, 0.3) is 0 Å². The van der Waals surface area contributed by atoms with Gasteiger partial charge in [0.1, 0.15) is 6.04 Å². The van der Waals surface area contributed by atoms with Crippen molar-refractivity contribution >= 4 is 5.97 Å². The molecule has 1 rings (SSSR count). The van der Waals surface area contributed by atoms with Crippen molar-refractivity contribution in [3.8, 4) is 0 Å². The van der Waals surface area contributed by atoms with Crippen molar-refractivity contribution in [1.82, 2.24) is 10.2 Å². The highest BCUT2D eigenvalue weighted by Crippen LogP contribution is 2.11. The van der Waals surface area contributed by atoms with Crippen LogP contribution >= 0.6 is 0 Å². The minimum Gasteiger partial charge on any atom is -0.465 e. The zero-order chi connectivity index (χ0) is 13.9. The van der Waals surface area contributed by atoms with Gasteiger partial charge in [0.25, 0.3) is 0 Å². The third-order valence-electron chi connectivity index (χ3n) is 3.60.